The highest BCUT2D eigenvalue weighted by Crippen LogP contribution is 2.29. The molecule has 0 aliphatic carbocycles. The van der Waals surface area contributed by atoms with Crippen molar-refractivity contribution in [3.05, 3.63) is 75.8 Å². The molecule has 4 rings (SSSR count). The quantitative estimate of drug-likeness (QED) is 0.389. The number of hydrogen-bond acceptors (Lipinski definition) is 6. The minimum absolute atomic E-state index is 0.402. The van der Waals surface area contributed by atoms with Crippen molar-refractivity contribution in [2.24, 2.45) is 0 Å². The number of aryl methyl sites for hydroxylation is 1. The van der Waals surface area contributed by atoms with E-state index in [9.17, 15) is 9.59 Å². The first kappa shape index (κ1) is 21.9. The van der Waals surface area contributed by atoms with Gasteiger partial charge in [-0.3, -0.25) is 9.48 Å². The molecule has 0 unspecified atom stereocenters. The summed E-state index contributed by atoms with van der Waals surface area (Å²) in [6.45, 7) is 2.04. The molecule has 0 fully saturated rings. The van der Waals surface area contributed by atoms with E-state index in [0.717, 1.165) is 21.5 Å². The van der Waals surface area contributed by atoms with E-state index in [1.807, 2.05) is 35.9 Å². The smallest absolute Gasteiger partial charge is 0.348 e. The fraction of sp³-hybridized carbons (Fsp3) is 0.174. The molecule has 2 aromatic carbocycles. The van der Waals surface area contributed by atoms with Crippen molar-refractivity contribution in [1.82, 2.24) is 9.78 Å². The Morgan fingerprint density at radius 2 is 1.91 bits per heavy atom. The molecule has 0 radical (unpaired) electrons. The lowest BCUT2D eigenvalue weighted by atomic mass is 10.2. The van der Waals surface area contributed by atoms with Crippen LogP contribution < -0.4 is 10.1 Å². The molecular weight excluding hydrogens is 450 g/mol. The summed E-state index contributed by atoms with van der Waals surface area (Å²) in [6, 6.07) is 16.3. The van der Waals surface area contributed by atoms with Crippen molar-refractivity contribution in [3.8, 4) is 5.75 Å². The van der Waals surface area contributed by atoms with Crippen LogP contribution in [-0.2, 0) is 16.1 Å². The molecular formula is C23H20ClN3O4S. The average molecular weight is 470 g/mol. The number of benzene rings is 2. The molecule has 0 bridgehead atoms. The van der Waals surface area contributed by atoms with E-state index in [1.54, 1.807) is 30.3 Å². The number of hydrogen-bond donors (Lipinski definition) is 1. The zero-order valence-electron chi connectivity index (χ0n) is 17.4. The van der Waals surface area contributed by atoms with Crippen LogP contribution in [0.25, 0.3) is 10.2 Å². The third-order valence-corrected chi connectivity index (χ3v) is 6.15. The van der Waals surface area contributed by atoms with Crippen molar-refractivity contribution in [1.29, 1.82) is 0 Å². The number of nitrogens with zero attached hydrogens (tertiary/aromatic N) is 2. The number of para-hydroxylation sites is 2. The molecule has 0 aliphatic rings. The standard InChI is InChI=1S/C23H20ClN3O4S/c1-14-17-11-20(32-22(17)27(26-14)12-15-7-9-16(24)10-8-15)23(29)31-13-21(28)25-18-5-3-4-6-19(18)30-2/h3-11H,12-13H2,1-2H3,(H,25,28). The van der Waals surface area contributed by atoms with Gasteiger partial charge in [0.2, 0.25) is 0 Å². The molecule has 0 saturated heterocycles. The summed E-state index contributed by atoms with van der Waals surface area (Å²) < 4.78 is 12.3. The third-order valence-electron chi connectivity index (χ3n) is 4.77. The average Bonchev–Trinajstić information content (AvgIpc) is 3.35. The number of halogens is 1. The highest BCUT2D eigenvalue weighted by molar-refractivity contribution is 7.20. The van der Waals surface area contributed by atoms with Gasteiger partial charge in [-0.05, 0) is 42.8 Å². The molecule has 2 heterocycles. The van der Waals surface area contributed by atoms with Crippen LogP contribution in [-0.4, -0.2) is 35.4 Å². The SMILES string of the molecule is COc1ccccc1NC(=O)COC(=O)c1cc2c(C)nn(Cc3ccc(Cl)cc3)c2s1. The van der Waals surface area contributed by atoms with E-state index in [1.165, 1.54) is 18.4 Å². The monoisotopic (exact) mass is 469 g/mol. The maximum absolute atomic E-state index is 12.5. The number of carbonyl (C=O) groups excluding carboxylic acids is 2. The molecule has 1 amide bonds. The molecule has 0 atom stereocenters. The first-order valence-corrected chi connectivity index (χ1v) is 11.0. The maximum Gasteiger partial charge on any atom is 0.348 e. The number of fused-ring (bicyclic) bond motifs is 1. The second-order valence-electron chi connectivity index (χ2n) is 7.02. The topological polar surface area (TPSA) is 82.4 Å². The van der Waals surface area contributed by atoms with Crippen molar-refractivity contribution < 1.29 is 19.1 Å². The Labute approximate surface area is 193 Å². The van der Waals surface area contributed by atoms with Crippen LogP contribution >= 0.6 is 22.9 Å². The van der Waals surface area contributed by atoms with Gasteiger partial charge >= 0.3 is 5.97 Å². The second-order valence-corrected chi connectivity index (χ2v) is 8.49. The highest BCUT2D eigenvalue weighted by Gasteiger charge is 2.19. The number of aromatic nitrogens is 2. The van der Waals surface area contributed by atoms with Gasteiger partial charge in [-0.25, -0.2) is 4.79 Å². The fourth-order valence-electron chi connectivity index (χ4n) is 3.22. The predicted octanol–water partition coefficient (Wildman–Crippen LogP) is 4.91. The number of ether oxygens (including phenoxy) is 2. The first-order valence-electron chi connectivity index (χ1n) is 9.76. The molecule has 32 heavy (non-hydrogen) atoms. The first-order chi connectivity index (χ1) is 15.4. The molecule has 0 saturated carbocycles. The number of esters is 1. The van der Waals surface area contributed by atoms with Gasteiger partial charge in [0.15, 0.2) is 6.61 Å². The van der Waals surface area contributed by atoms with Crippen LogP contribution in [0.3, 0.4) is 0 Å². The zero-order valence-corrected chi connectivity index (χ0v) is 19.0. The van der Waals surface area contributed by atoms with Crippen molar-refractivity contribution in [3.63, 3.8) is 0 Å². The van der Waals surface area contributed by atoms with Crippen molar-refractivity contribution >= 4 is 50.7 Å². The lowest BCUT2D eigenvalue weighted by Crippen LogP contribution is -2.20. The summed E-state index contributed by atoms with van der Waals surface area (Å²) >= 11 is 7.24. The van der Waals surface area contributed by atoms with Crippen LogP contribution in [0.4, 0.5) is 5.69 Å². The lowest BCUT2D eigenvalue weighted by molar-refractivity contribution is -0.119. The van der Waals surface area contributed by atoms with Crippen LogP contribution in [0.5, 0.6) is 5.75 Å². The van der Waals surface area contributed by atoms with Gasteiger partial charge in [-0.15, -0.1) is 11.3 Å². The van der Waals surface area contributed by atoms with Gasteiger partial charge in [0, 0.05) is 10.4 Å². The number of carbonyl (C=O) groups is 2. The molecule has 1 N–H and O–H groups in total. The summed E-state index contributed by atoms with van der Waals surface area (Å²) in [7, 11) is 1.52. The number of anilines is 1. The molecule has 7 nitrogen and oxygen atoms in total. The van der Waals surface area contributed by atoms with E-state index in [0.29, 0.717) is 27.9 Å². The van der Waals surface area contributed by atoms with Gasteiger partial charge in [0.25, 0.3) is 5.91 Å². The van der Waals surface area contributed by atoms with E-state index in [2.05, 4.69) is 10.4 Å². The summed E-state index contributed by atoms with van der Waals surface area (Å²) in [5.74, 6) is -0.481. The Kier molecular flexibility index (Phi) is 6.43. The summed E-state index contributed by atoms with van der Waals surface area (Å²) in [5, 5.41) is 8.81. The molecule has 0 spiro atoms. The normalized spacial score (nSPS) is 10.8. The second kappa shape index (κ2) is 9.42. The van der Waals surface area contributed by atoms with Gasteiger partial charge in [-0.2, -0.15) is 5.10 Å². The lowest BCUT2D eigenvalue weighted by Gasteiger charge is -2.09. The Morgan fingerprint density at radius 3 is 2.66 bits per heavy atom. The van der Waals surface area contributed by atoms with E-state index < -0.39 is 18.5 Å². The van der Waals surface area contributed by atoms with Gasteiger partial charge in [0.1, 0.15) is 15.5 Å². The van der Waals surface area contributed by atoms with E-state index in [4.69, 9.17) is 21.1 Å². The Morgan fingerprint density at radius 1 is 1.16 bits per heavy atom. The largest absolute Gasteiger partial charge is 0.495 e. The third kappa shape index (κ3) is 4.76. The molecule has 9 heteroatoms. The molecule has 164 valence electrons. The van der Waals surface area contributed by atoms with Crippen LogP contribution in [0.2, 0.25) is 5.02 Å². The minimum atomic E-state index is -0.557. The van der Waals surface area contributed by atoms with Crippen LogP contribution in [0.15, 0.2) is 54.6 Å². The fourth-order valence-corrected chi connectivity index (χ4v) is 4.40. The number of rotatable bonds is 7. The Bertz CT molecular complexity index is 1280. The van der Waals surface area contributed by atoms with Gasteiger partial charge in [-0.1, -0.05) is 35.9 Å². The number of methoxy groups -OCH3 is 1. The van der Waals surface area contributed by atoms with Gasteiger partial charge < -0.3 is 14.8 Å². The maximum atomic E-state index is 12.5. The van der Waals surface area contributed by atoms with Crippen molar-refractivity contribution in [2.75, 3.05) is 19.0 Å². The Hall–Kier alpha value is -3.36. The van der Waals surface area contributed by atoms with Gasteiger partial charge in [0.05, 0.1) is 25.0 Å². The van der Waals surface area contributed by atoms with E-state index in [-0.39, 0.29) is 0 Å². The van der Waals surface area contributed by atoms with Crippen molar-refractivity contribution in [2.45, 2.75) is 13.5 Å². The van der Waals surface area contributed by atoms with E-state index >= 15 is 0 Å². The Balaban J connectivity index is 1.43. The minimum Gasteiger partial charge on any atom is -0.495 e. The summed E-state index contributed by atoms with van der Waals surface area (Å²) in [6.07, 6.45) is 0. The number of amides is 1. The molecule has 0 aliphatic heterocycles. The summed E-state index contributed by atoms with van der Waals surface area (Å²) in [4.78, 5) is 26.0. The predicted molar refractivity (Wildman–Crippen MR) is 125 cm³/mol. The number of nitrogens with one attached hydrogen (secondary N) is 1. The summed E-state index contributed by atoms with van der Waals surface area (Å²) in [5.41, 5.74) is 2.37. The van der Waals surface area contributed by atoms with Crippen LogP contribution in [0, 0.1) is 6.92 Å². The molecule has 4 aromatic rings. The molecule has 2 aromatic heterocycles. The highest BCUT2D eigenvalue weighted by atomic mass is 35.5. The van der Waals surface area contributed by atoms with Crippen LogP contribution in [0.1, 0.15) is 20.9 Å². The number of thiophene rings is 1. The zero-order chi connectivity index (χ0) is 22.7.